The maximum atomic E-state index is 12.2. The van der Waals surface area contributed by atoms with E-state index < -0.39 is 0 Å². The van der Waals surface area contributed by atoms with Gasteiger partial charge in [-0.25, -0.2) is 0 Å². The van der Waals surface area contributed by atoms with Gasteiger partial charge in [-0.2, -0.15) is 0 Å². The molecule has 1 aliphatic carbocycles. The molecule has 0 aliphatic heterocycles. The molecule has 1 aromatic carbocycles. The molecule has 1 amide bonds. The molecule has 0 radical (unpaired) electrons. The standard InChI is InChI=1S/C18H20N2O3/c1-20-11-17(23-12-13-5-3-2-4-6-13)16(21)9-15(20)10-19-18(22)14-7-8-14/h2-6,9,11,14H,7-8,10,12H2,1H3,(H,19,22). The zero-order chi connectivity index (χ0) is 16.2. The number of rotatable bonds is 6. The van der Waals surface area contributed by atoms with Crippen molar-refractivity contribution >= 4 is 5.91 Å². The Balaban J connectivity index is 1.64. The number of nitrogens with one attached hydrogen (secondary N) is 1. The molecule has 23 heavy (non-hydrogen) atoms. The van der Waals surface area contributed by atoms with Gasteiger partial charge in [-0.15, -0.1) is 0 Å². The van der Waals surface area contributed by atoms with Crippen LogP contribution in [0.2, 0.25) is 0 Å². The van der Waals surface area contributed by atoms with Crippen LogP contribution in [0.15, 0.2) is 47.4 Å². The number of carbonyl (C=O) groups excluding carboxylic acids is 1. The molecule has 0 unspecified atom stereocenters. The average molecular weight is 312 g/mol. The van der Waals surface area contributed by atoms with Gasteiger partial charge in [-0.05, 0) is 18.4 Å². The number of nitrogens with zero attached hydrogens (tertiary/aromatic N) is 1. The molecule has 1 saturated carbocycles. The van der Waals surface area contributed by atoms with Crippen molar-refractivity contribution in [3.63, 3.8) is 0 Å². The SMILES string of the molecule is Cn1cc(OCc2ccccc2)c(=O)cc1CNC(=O)C1CC1. The number of carbonyl (C=O) groups is 1. The summed E-state index contributed by atoms with van der Waals surface area (Å²) >= 11 is 0. The van der Waals surface area contributed by atoms with Crippen LogP contribution in [0.5, 0.6) is 5.75 Å². The molecule has 120 valence electrons. The predicted molar refractivity (Wildman–Crippen MR) is 87.0 cm³/mol. The lowest BCUT2D eigenvalue weighted by Gasteiger charge is -2.12. The Kier molecular flexibility index (Phi) is 4.46. The van der Waals surface area contributed by atoms with Crippen molar-refractivity contribution in [3.05, 3.63) is 64.1 Å². The molecule has 1 aliphatic rings. The summed E-state index contributed by atoms with van der Waals surface area (Å²) < 4.78 is 7.43. The second kappa shape index (κ2) is 6.69. The van der Waals surface area contributed by atoms with E-state index in [2.05, 4.69) is 5.32 Å². The van der Waals surface area contributed by atoms with Gasteiger partial charge in [0.2, 0.25) is 11.3 Å². The third kappa shape index (κ3) is 4.00. The van der Waals surface area contributed by atoms with Crippen molar-refractivity contribution in [3.8, 4) is 5.75 Å². The second-order valence-electron chi connectivity index (χ2n) is 5.87. The van der Waals surface area contributed by atoms with E-state index in [4.69, 9.17) is 4.74 Å². The highest BCUT2D eigenvalue weighted by atomic mass is 16.5. The van der Waals surface area contributed by atoms with Crippen molar-refractivity contribution < 1.29 is 9.53 Å². The first-order valence-electron chi connectivity index (χ1n) is 7.77. The number of aromatic nitrogens is 1. The summed E-state index contributed by atoms with van der Waals surface area (Å²) in [5.41, 5.74) is 1.60. The van der Waals surface area contributed by atoms with Gasteiger partial charge in [0.1, 0.15) is 6.61 Å². The number of hydrogen-bond donors (Lipinski definition) is 1. The monoisotopic (exact) mass is 312 g/mol. The van der Waals surface area contributed by atoms with E-state index in [1.54, 1.807) is 6.20 Å². The highest BCUT2D eigenvalue weighted by molar-refractivity contribution is 5.80. The smallest absolute Gasteiger partial charge is 0.223 e. The predicted octanol–water partition coefficient (Wildman–Crippen LogP) is 1.99. The lowest BCUT2D eigenvalue weighted by molar-refractivity contribution is -0.122. The maximum Gasteiger partial charge on any atom is 0.223 e. The van der Waals surface area contributed by atoms with Crippen LogP contribution >= 0.6 is 0 Å². The molecular weight excluding hydrogens is 292 g/mol. The van der Waals surface area contributed by atoms with Gasteiger partial charge < -0.3 is 14.6 Å². The Bertz CT molecular complexity index is 749. The Labute approximate surface area is 134 Å². The highest BCUT2D eigenvalue weighted by Gasteiger charge is 2.29. The van der Waals surface area contributed by atoms with Gasteiger partial charge in [0.25, 0.3) is 0 Å². The van der Waals surface area contributed by atoms with Gasteiger partial charge in [0, 0.05) is 24.7 Å². The number of amides is 1. The summed E-state index contributed by atoms with van der Waals surface area (Å²) in [5.74, 6) is 0.552. The topological polar surface area (TPSA) is 60.3 Å². The Hall–Kier alpha value is -2.56. The minimum Gasteiger partial charge on any atom is -0.483 e. The summed E-state index contributed by atoms with van der Waals surface area (Å²) in [4.78, 5) is 23.8. The van der Waals surface area contributed by atoms with Crippen LogP contribution in [0.4, 0.5) is 0 Å². The summed E-state index contributed by atoms with van der Waals surface area (Å²) in [6, 6.07) is 11.2. The van der Waals surface area contributed by atoms with Crippen LogP contribution in [-0.4, -0.2) is 10.5 Å². The third-order valence-electron chi connectivity index (χ3n) is 3.93. The Morgan fingerprint density at radius 3 is 2.74 bits per heavy atom. The molecule has 0 atom stereocenters. The first-order valence-corrected chi connectivity index (χ1v) is 7.77. The van der Waals surface area contributed by atoms with Gasteiger partial charge >= 0.3 is 0 Å². The molecule has 1 aromatic heterocycles. The summed E-state index contributed by atoms with van der Waals surface area (Å²) in [6.07, 6.45) is 3.61. The van der Waals surface area contributed by atoms with E-state index in [0.717, 1.165) is 24.1 Å². The maximum absolute atomic E-state index is 12.2. The number of benzene rings is 1. The van der Waals surface area contributed by atoms with Gasteiger partial charge in [0.15, 0.2) is 5.75 Å². The second-order valence-corrected chi connectivity index (χ2v) is 5.87. The molecule has 1 fully saturated rings. The third-order valence-corrected chi connectivity index (χ3v) is 3.93. The Morgan fingerprint density at radius 1 is 1.30 bits per heavy atom. The molecular formula is C18H20N2O3. The van der Waals surface area contributed by atoms with Crippen molar-refractivity contribution in [1.29, 1.82) is 0 Å². The number of ether oxygens (including phenoxy) is 1. The molecule has 0 saturated heterocycles. The van der Waals surface area contributed by atoms with E-state index in [-0.39, 0.29) is 17.3 Å². The molecule has 2 aromatic rings. The normalized spacial score (nSPS) is 13.6. The number of aryl methyl sites for hydroxylation is 1. The van der Waals surface area contributed by atoms with E-state index in [9.17, 15) is 9.59 Å². The molecule has 1 heterocycles. The summed E-state index contributed by atoms with van der Waals surface area (Å²) in [6.45, 7) is 0.716. The van der Waals surface area contributed by atoms with Crippen LogP contribution in [0.1, 0.15) is 24.1 Å². The zero-order valence-corrected chi connectivity index (χ0v) is 13.1. The lowest BCUT2D eigenvalue weighted by atomic mass is 10.2. The summed E-state index contributed by atoms with van der Waals surface area (Å²) in [5, 5.41) is 2.87. The zero-order valence-electron chi connectivity index (χ0n) is 13.1. The number of pyridine rings is 1. The molecule has 5 heteroatoms. The molecule has 5 nitrogen and oxygen atoms in total. The van der Waals surface area contributed by atoms with E-state index in [1.165, 1.54) is 6.07 Å². The van der Waals surface area contributed by atoms with Crippen molar-refractivity contribution in [2.24, 2.45) is 13.0 Å². The van der Waals surface area contributed by atoms with E-state index in [0.29, 0.717) is 18.9 Å². The minimum absolute atomic E-state index is 0.0712. The lowest BCUT2D eigenvalue weighted by Crippen LogP contribution is -2.26. The first-order chi connectivity index (χ1) is 11.1. The van der Waals surface area contributed by atoms with Gasteiger partial charge in [0.05, 0.1) is 12.7 Å². The highest BCUT2D eigenvalue weighted by Crippen LogP contribution is 2.28. The fraction of sp³-hybridized carbons (Fsp3) is 0.333. The van der Waals surface area contributed by atoms with Crippen LogP contribution in [-0.2, 0) is 25.0 Å². The van der Waals surface area contributed by atoms with Gasteiger partial charge in [-0.1, -0.05) is 30.3 Å². The quantitative estimate of drug-likeness (QED) is 0.887. The van der Waals surface area contributed by atoms with Crippen LogP contribution in [0.25, 0.3) is 0 Å². The fourth-order valence-corrected chi connectivity index (χ4v) is 2.33. The van der Waals surface area contributed by atoms with Crippen LogP contribution in [0.3, 0.4) is 0 Å². The van der Waals surface area contributed by atoms with Crippen LogP contribution in [0, 0.1) is 5.92 Å². The van der Waals surface area contributed by atoms with Crippen molar-refractivity contribution in [2.75, 3.05) is 0 Å². The van der Waals surface area contributed by atoms with E-state index in [1.807, 2.05) is 41.9 Å². The Morgan fingerprint density at radius 2 is 2.04 bits per heavy atom. The molecule has 0 bridgehead atoms. The average Bonchev–Trinajstić information content (AvgIpc) is 3.39. The number of hydrogen-bond acceptors (Lipinski definition) is 3. The minimum atomic E-state index is -0.172. The van der Waals surface area contributed by atoms with Gasteiger partial charge in [-0.3, -0.25) is 9.59 Å². The first kappa shape index (κ1) is 15.3. The van der Waals surface area contributed by atoms with Crippen molar-refractivity contribution in [2.45, 2.75) is 26.0 Å². The molecule has 3 rings (SSSR count). The fourth-order valence-electron chi connectivity index (χ4n) is 2.33. The largest absolute Gasteiger partial charge is 0.483 e. The molecule has 0 spiro atoms. The van der Waals surface area contributed by atoms with Crippen molar-refractivity contribution in [1.82, 2.24) is 9.88 Å². The van der Waals surface area contributed by atoms with E-state index >= 15 is 0 Å². The summed E-state index contributed by atoms with van der Waals surface area (Å²) in [7, 11) is 1.84. The van der Waals surface area contributed by atoms with Crippen LogP contribution < -0.4 is 15.5 Å². The molecule has 1 N–H and O–H groups in total.